The summed E-state index contributed by atoms with van der Waals surface area (Å²) in [6.45, 7) is 3.89. The molecular weight excluding hydrogens is 353 g/mol. The van der Waals surface area contributed by atoms with Crippen molar-refractivity contribution in [2.75, 3.05) is 13.7 Å². The molecule has 130 valence electrons. The van der Waals surface area contributed by atoms with Gasteiger partial charge in [-0.25, -0.2) is 9.79 Å². The Morgan fingerprint density at radius 3 is 2.67 bits per heavy atom. The van der Waals surface area contributed by atoms with Crippen LogP contribution in [0.15, 0.2) is 28.4 Å². The van der Waals surface area contributed by atoms with Gasteiger partial charge in [0.05, 0.1) is 24.3 Å². The quantitative estimate of drug-likeness (QED) is 0.776. The van der Waals surface area contributed by atoms with Crippen molar-refractivity contribution >= 4 is 35.1 Å². The number of guanidine groups is 1. The minimum atomic E-state index is -0.716. The van der Waals surface area contributed by atoms with Crippen molar-refractivity contribution < 1.29 is 14.3 Å². The molecule has 0 aliphatic carbocycles. The van der Waals surface area contributed by atoms with Gasteiger partial charge in [0, 0.05) is 16.3 Å². The summed E-state index contributed by atoms with van der Waals surface area (Å²) in [5.41, 5.74) is 7.44. The van der Waals surface area contributed by atoms with Crippen LogP contribution in [0.5, 0.6) is 5.75 Å². The first-order valence-electron chi connectivity index (χ1n) is 7.46. The molecule has 0 amide bonds. The molecule has 0 aromatic heterocycles. The molecule has 1 atom stereocenters. The van der Waals surface area contributed by atoms with Crippen LogP contribution in [-0.2, 0) is 9.53 Å². The molecule has 0 radical (unpaired) electrons. The highest BCUT2D eigenvalue weighted by atomic mass is 35.5. The standard InChI is InChI=1S/C16H19Cl2N3O3/c1-4-11-12(15(22)24-5-2)13(21-16(19)20-11)9-6-8(17)7-10(18)14(9)23-3/h6-7,13H,4-5H2,1-3H3,(H3,19,20,21). The third kappa shape index (κ3) is 3.60. The van der Waals surface area contributed by atoms with Gasteiger partial charge < -0.3 is 20.5 Å². The number of nitrogens with two attached hydrogens (primary N) is 1. The number of ether oxygens (including phenoxy) is 2. The molecule has 3 N–H and O–H groups in total. The summed E-state index contributed by atoms with van der Waals surface area (Å²) in [5, 5.41) is 3.66. The Kier molecular flexibility index (Phi) is 5.96. The van der Waals surface area contributed by atoms with Crippen molar-refractivity contribution in [2.45, 2.75) is 26.3 Å². The van der Waals surface area contributed by atoms with E-state index in [4.69, 9.17) is 38.4 Å². The van der Waals surface area contributed by atoms with Crippen molar-refractivity contribution in [3.05, 3.63) is 39.0 Å². The second-order valence-electron chi connectivity index (χ2n) is 5.02. The molecule has 1 aliphatic heterocycles. The average Bonchev–Trinajstić information content (AvgIpc) is 2.53. The maximum atomic E-state index is 12.5. The molecular formula is C16H19Cl2N3O3. The zero-order chi connectivity index (χ0) is 17.9. The highest BCUT2D eigenvalue weighted by Crippen LogP contribution is 2.42. The summed E-state index contributed by atoms with van der Waals surface area (Å²) in [6.07, 6.45) is 0.553. The molecule has 1 aromatic carbocycles. The Morgan fingerprint density at radius 2 is 2.08 bits per heavy atom. The fourth-order valence-electron chi connectivity index (χ4n) is 2.57. The lowest BCUT2D eigenvalue weighted by atomic mass is 9.94. The summed E-state index contributed by atoms with van der Waals surface area (Å²) in [6, 6.07) is 2.51. The fraction of sp³-hybridized carbons (Fsp3) is 0.375. The third-order valence-electron chi connectivity index (χ3n) is 3.53. The topological polar surface area (TPSA) is 85.9 Å². The van der Waals surface area contributed by atoms with E-state index in [1.54, 1.807) is 19.1 Å². The number of carbonyl (C=O) groups is 1. The fourth-order valence-corrected chi connectivity index (χ4v) is 3.16. The summed E-state index contributed by atoms with van der Waals surface area (Å²) >= 11 is 12.3. The van der Waals surface area contributed by atoms with E-state index in [-0.39, 0.29) is 12.6 Å². The van der Waals surface area contributed by atoms with E-state index >= 15 is 0 Å². The second kappa shape index (κ2) is 7.77. The monoisotopic (exact) mass is 371 g/mol. The molecule has 0 saturated heterocycles. The largest absolute Gasteiger partial charge is 0.495 e. The number of hydrogen-bond acceptors (Lipinski definition) is 6. The van der Waals surface area contributed by atoms with E-state index in [0.717, 1.165) is 0 Å². The maximum absolute atomic E-state index is 12.5. The molecule has 0 fully saturated rings. The number of allylic oxidation sites excluding steroid dienone is 1. The zero-order valence-electron chi connectivity index (χ0n) is 13.7. The second-order valence-corrected chi connectivity index (χ2v) is 5.86. The lowest BCUT2D eigenvalue weighted by Crippen LogP contribution is -2.38. The first-order valence-corrected chi connectivity index (χ1v) is 8.21. The van der Waals surface area contributed by atoms with Crippen LogP contribution in [-0.4, -0.2) is 25.6 Å². The maximum Gasteiger partial charge on any atom is 0.338 e. The Bertz CT molecular complexity index is 717. The summed E-state index contributed by atoms with van der Waals surface area (Å²) in [7, 11) is 1.49. The molecule has 1 unspecified atom stereocenters. The van der Waals surface area contributed by atoms with Crippen molar-refractivity contribution in [1.82, 2.24) is 5.32 Å². The van der Waals surface area contributed by atoms with Gasteiger partial charge in [-0.2, -0.15) is 0 Å². The van der Waals surface area contributed by atoms with Gasteiger partial charge in [0.15, 0.2) is 5.96 Å². The molecule has 1 aliphatic rings. The number of carbonyl (C=O) groups excluding carboxylic acids is 1. The van der Waals surface area contributed by atoms with Crippen molar-refractivity contribution in [3.63, 3.8) is 0 Å². The molecule has 0 saturated carbocycles. The summed E-state index contributed by atoms with van der Waals surface area (Å²) in [5.74, 6) is 0.117. The highest BCUT2D eigenvalue weighted by molar-refractivity contribution is 6.35. The average molecular weight is 372 g/mol. The molecule has 24 heavy (non-hydrogen) atoms. The van der Waals surface area contributed by atoms with Gasteiger partial charge in [-0.05, 0) is 25.5 Å². The first-order chi connectivity index (χ1) is 11.4. The normalized spacial score (nSPS) is 17.2. The van der Waals surface area contributed by atoms with Gasteiger partial charge in [-0.1, -0.05) is 30.1 Å². The Labute approximate surface area is 150 Å². The first kappa shape index (κ1) is 18.4. The van der Waals surface area contributed by atoms with E-state index in [2.05, 4.69) is 10.3 Å². The predicted molar refractivity (Wildman–Crippen MR) is 94.5 cm³/mol. The highest BCUT2D eigenvalue weighted by Gasteiger charge is 2.33. The smallest absolute Gasteiger partial charge is 0.338 e. The number of nitrogens with one attached hydrogen (secondary N) is 1. The number of benzene rings is 1. The van der Waals surface area contributed by atoms with Crippen LogP contribution in [0.3, 0.4) is 0 Å². The number of hydrogen-bond donors (Lipinski definition) is 2. The Morgan fingerprint density at radius 1 is 1.38 bits per heavy atom. The Balaban J connectivity index is 2.66. The SMILES string of the molecule is CCOC(=O)C1=C(CC)NC(N)=NC1c1cc(Cl)cc(Cl)c1OC. The summed E-state index contributed by atoms with van der Waals surface area (Å²) < 4.78 is 10.6. The third-order valence-corrected chi connectivity index (χ3v) is 4.03. The molecule has 8 heteroatoms. The number of nitrogens with zero attached hydrogens (tertiary/aromatic N) is 1. The van der Waals surface area contributed by atoms with Crippen LogP contribution in [0.2, 0.25) is 10.0 Å². The Hall–Kier alpha value is -1.92. The van der Waals surface area contributed by atoms with Crippen LogP contribution < -0.4 is 15.8 Å². The molecule has 2 rings (SSSR count). The summed E-state index contributed by atoms with van der Waals surface area (Å²) in [4.78, 5) is 16.8. The molecule has 6 nitrogen and oxygen atoms in total. The van der Waals surface area contributed by atoms with Crippen molar-refractivity contribution in [3.8, 4) is 5.75 Å². The van der Waals surface area contributed by atoms with E-state index < -0.39 is 12.0 Å². The van der Waals surface area contributed by atoms with E-state index in [1.807, 2.05) is 6.92 Å². The minimum Gasteiger partial charge on any atom is -0.495 e. The molecule has 1 heterocycles. The van der Waals surface area contributed by atoms with Gasteiger partial charge >= 0.3 is 5.97 Å². The van der Waals surface area contributed by atoms with Crippen LogP contribution in [0.4, 0.5) is 0 Å². The lowest BCUT2D eigenvalue weighted by molar-refractivity contribution is -0.139. The predicted octanol–water partition coefficient (Wildman–Crippen LogP) is 3.19. The van der Waals surface area contributed by atoms with Gasteiger partial charge in [-0.3, -0.25) is 0 Å². The number of rotatable bonds is 5. The lowest BCUT2D eigenvalue weighted by Gasteiger charge is -2.27. The minimum absolute atomic E-state index is 0.197. The molecule has 1 aromatic rings. The number of halogens is 2. The van der Waals surface area contributed by atoms with Gasteiger partial charge in [0.25, 0.3) is 0 Å². The number of methoxy groups -OCH3 is 1. The molecule has 0 bridgehead atoms. The van der Waals surface area contributed by atoms with Crippen LogP contribution >= 0.6 is 23.2 Å². The van der Waals surface area contributed by atoms with Crippen molar-refractivity contribution in [2.24, 2.45) is 10.7 Å². The van der Waals surface area contributed by atoms with Crippen LogP contribution in [0, 0.1) is 0 Å². The zero-order valence-corrected chi connectivity index (χ0v) is 15.2. The van der Waals surface area contributed by atoms with Crippen LogP contribution in [0.25, 0.3) is 0 Å². The van der Waals surface area contributed by atoms with E-state index in [0.29, 0.717) is 39.0 Å². The van der Waals surface area contributed by atoms with E-state index in [1.165, 1.54) is 7.11 Å². The van der Waals surface area contributed by atoms with Crippen molar-refractivity contribution in [1.29, 1.82) is 0 Å². The van der Waals surface area contributed by atoms with Gasteiger partial charge in [0.1, 0.15) is 11.8 Å². The van der Waals surface area contributed by atoms with Crippen LogP contribution in [0.1, 0.15) is 31.9 Å². The van der Waals surface area contributed by atoms with Gasteiger partial charge in [0.2, 0.25) is 0 Å². The van der Waals surface area contributed by atoms with E-state index in [9.17, 15) is 4.79 Å². The number of aliphatic imine (C=N–C) groups is 1. The van der Waals surface area contributed by atoms with Gasteiger partial charge in [-0.15, -0.1) is 0 Å². The number of esters is 1. The molecule has 0 spiro atoms.